The maximum Gasteiger partial charge on any atom is 0.188 e. The first-order chi connectivity index (χ1) is 10.7. The van der Waals surface area contributed by atoms with Gasteiger partial charge in [-0.05, 0) is 41.8 Å². The molecule has 23 heavy (non-hydrogen) atoms. The summed E-state index contributed by atoms with van der Waals surface area (Å²) in [7, 11) is 1.65. The van der Waals surface area contributed by atoms with E-state index in [4.69, 9.17) is 10.5 Å². The number of aliphatic imine (C=N–C) groups is 1. The summed E-state index contributed by atoms with van der Waals surface area (Å²) in [6.07, 6.45) is 0.834. The van der Waals surface area contributed by atoms with Crippen LogP contribution in [0.4, 0.5) is 4.39 Å². The Kier molecular flexibility index (Phi) is 8.39. The average molecular weight is 429 g/mol. The fourth-order valence-corrected chi connectivity index (χ4v) is 1.99. The molecule has 2 aromatic rings. The number of benzene rings is 2. The van der Waals surface area contributed by atoms with Gasteiger partial charge in [-0.15, -0.1) is 24.0 Å². The van der Waals surface area contributed by atoms with Gasteiger partial charge in [0.1, 0.15) is 11.6 Å². The van der Waals surface area contributed by atoms with Gasteiger partial charge in [0, 0.05) is 6.54 Å². The highest BCUT2D eigenvalue weighted by atomic mass is 127. The lowest BCUT2D eigenvalue weighted by Crippen LogP contribution is -2.33. The molecule has 0 amide bonds. The van der Waals surface area contributed by atoms with Crippen molar-refractivity contribution >= 4 is 29.9 Å². The minimum Gasteiger partial charge on any atom is -0.497 e. The molecule has 2 aromatic carbocycles. The molecule has 3 N–H and O–H groups in total. The normalized spacial score (nSPS) is 10.8. The molecule has 4 nitrogen and oxygen atoms in total. The van der Waals surface area contributed by atoms with E-state index in [-0.39, 0.29) is 29.8 Å². The minimum absolute atomic E-state index is 0. The molecule has 0 aliphatic carbocycles. The van der Waals surface area contributed by atoms with Crippen molar-refractivity contribution in [3.63, 3.8) is 0 Å². The Morgan fingerprint density at radius 2 is 1.91 bits per heavy atom. The highest BCUT2D eigenvalue weighted by Gasteiger charge is 1.97. The number of rotatable bonds is 6. The van der Waals surface area contributed by atoms with Gasteiger partial charge < -0.3 is 15.8 Å². The topological polar surface area (TPSA) is 59.6 Å². The fourth-order valence-electron chi connectivity index (χ4n) is 1.99. The number of hydrogen-bond donors (Lipinski definition) is 2. The number of guanidine groups is 1. The molecule has 0 fully saturated rings. The van der Waals surface area contributed by atoms with Gasteiger partial charge in [-0.25, -0.2) is 9.38 Å². The lowest BCUT2D eigenvalue weighted by molar-refractivity contribution is 0.414. The molecule has 0 aromatic heterocycles. The van der Waals surface area contributed by atoms with Crippen LogP contribution in [-0.2, 0) is 13.0 Å². The van der Waals surface area contributed by atoms with Crippen molar-refractivity contribution in [3.05, 3.63) is 65.5 Å². The number of nitrogens with zero attached hydrogens (tertiary/aromatic N) is 1. The van der Waals surface area contributed by atoms with Gasteiger partial charge in [-0.1, -0.05) is 24.3 Å². The average Bonchev–Trinajstić information content (AvgIpc) is 2.54. The summed E-state index contributed by atoms with van der Waals surface area (Å²) in [5.41, 5.74) is 7.77. The van der Waals surface area contributed by atoms with Crippen LogP contribution >= 0.6 is 24.0 Å². The molecule has 6 heteroatoms. The van der Waals surface area contributed by atoms with E-state index in [2.05, 4.69) is 10.3 Å². The Morgan fingerprint density at radius 1 is 1.17 bits per heavy atom. The Balaban J connectivity index is 0.00000264. The largest absolute Gasteiger partial charge is 0.497 e. The zero-order valence-electron chi connectivity index (χ0n) is 13.0. The molecule has 0 spiro atoms. The standard InChI is InChI=1S/C17H20FN3O.HI/c1-22-16-7-5-13(6-8-16)9-10-20-17(19)21-12-14-3-2-4-15(18)11-14;/h2-8,11H,9-10,12H2,1H3,(H3,19,20,21);1H. The number of nitrogens with one attached hydrogen (secondary N) is 1. The maximum atomic E-state index is 13.0. The van der Waals surface area contributed by atoms with Crippen molar-refractivity contribution in [1.82, 2.24) is 5.32 Å². The van der Waals surface area contributed by atoms with Gasteiger partial charge in [0.05, 0.1) is 13.7 Å². The number of methoxy groups -OCH3 is 1. The third kappa shape index (κ3) is 6.85. The molecule has 0 heterocycles. The van der Waals surface area contributed by atoms with Gasteiger partial charge in [0.2, 0.25) is 0 Å². The summed E-state index contributed by atoms with van der Waals surface area (Å²) < 4.78 is 18.1. The van der Waals surface area contributed by atoms with Crippen LogP contribution in [0.25, 0.3) is 0 Å². The van der Waals surface area contributed by atoms with Gasteiger partial charge in [0.25, 0.3) is 0 Å². The first kappa shape index (κ1) is 19.2. The number of nitrogens with two attached hydrogens (primary N) is 1. The SMILES string of the molecule is COc1ccc(CCNC(N)=NCc2cccc(F)c2)cc1.I. The van der Waals surface area contributed by atoms with E-state index < -0.39 is 0 Å². The molecule has 0 atom stereocenters. The number of halogens is 2. The van der Waals surface area contributed by atoms with Gasteiger partial charge in [-0.3, -0.25) is 0 Å². The van der Waals surface area contributed by atoms with E-state index in [1.807, 2.05) is 30.3 Å². The van der Waals surface area contributed by atoms with Crippen molar-refractivity contribution in [2.75, 3.05) is 13.7 Å². The van der Waals surface area contributed by atoms with Crippen molar-refractivity contribution in [2.24, 2.45) is 10.7 Å². The van der Waals surface area contributed by atoms with Crippen LogP contribution in [0.1, 0.15) is 11.1 Å². The summed E-state index contributed by atoms with van der Waals surface area (Å²) >= 11 is 0. The van der Waals surface area contributed by atoms with Crippen LogP contribution in [0.15, 0.2) is 53.5 Å². The van der Waals surface area contributed by atoms with Crippen molar-refractivity contribution in [2.45, 2.75) is 13.0 Å². The van der Waals surface area contributed by atoms with Gasteiger partial charge >= 0.3 is 0 Å². The molecule has 0 radical (unpaired) electrons. The van der Waals surface area contributed by atoms with E-state index in [9.17, 15) is 4.39 Å². The first-order valence-corrected chi connectivity index (χ1v) is 7.08. The van der Waals surface area contributed by atoms with Crippen LogP contribution in [-0.4, -0.2) is 19.6 Å². The summed E-state index contributed by atoms with van der Waals surface area (Å²) in [6, 6.07) is 14.2. The first-order valence-electron chi connectivity index (χ1n) is 7.08. The van der Waals surface area contributed by atoms with Gasteiger partial charge in [0.15, 0.2) is 5.96 Å². The molecule has 0 aliphatic rings. The Hall–Kier alpha value is -1.83. The predicted octanol–water partition coefficient (Wildman–Crippen LogP) is 3.10. The predicted molar refractivity (Wildman–Crippen MR) is 102 cm³/mol. The van der Waals surface area contributed by atoms with Crippen molar-refractivity contribution in [1.29, 1.82) is 0 Å². The van der Waals surface area contributed by atoms with Crippen LogP contribution in [0.5, 0.6) is 5.75 Å². The second-order valence-electron chi connectivity index (χ2n) is 4.86. The summed E-state index contributed by atoms with van der Waals surface area (Å²) in [5.74, 6) is 0.935. The Bertz CT molecular complexity index is 632. The molecule has 2 rings (SSSR count). The zero-order valence-corrected chi connectivity index (χ0v) is 15.3. The highest BCUT2D eigenvalue weighted by Crippen LogP contribution is 2.11. The summed E-state index contributed by atoms with van der Waals surface area (Å²) in [6.45, 7) is 1.05. The van der Waals surface area contributed by atoms with Crippen molar-refractivity contribution < 1.29 is 9.13 Å². The second kappa shape index (κ2) is 10.0. The smallest absolute Gasteiger partial charge is 0.188 e. The van der Waals surface area contributed by atoms with E-state index in [1.165, 1.54) is 17.7 Å². The molecule has 0 unspecified atom stereocenters. The highest BCUT2D eigenvalue weighted by molar-refractivity contribution is 14.0. The third-order valence-electron chi connectivity index (χ3n) is 3.20. The van der Waals surface area contributed by atoms with Crippen molar-refractivity contribution in [3.8, 4) is 5.75 Å². The van der Waals surface area contributed by atoms with E-state index in [0.29, 0.717) is 19.0 Å². The molecule has 0 saturated carbocycles. The third-order valence-corrected chi connectivity index (χ3v) is 3.20. The zero-order chi connectivity index (χ0) is 15.8. The molecular weight excluding hydrogens is 408 g/mol. The Morgan fingerprint density at radius 3 is 2.57 bits per heavy atom. The van der Waals surface area contributed by atoms with Crippen LogP contribution in [0, 0.1) is 5.82 Å². The van der Waals surface area contributed by atoms with Gasteiger partial charge in [-0.2, -0.15) is 0 Å². The quantitative estimate of drug-likeness (QED) is 0.422. The van der Waals surface area contributed by atoms with Crippen LogP contribution < -0.4 is 15.8 Å². The van der Waals surface area contributed by atoms with E-state index >= 15 is 0 Å². The lowest BCUT2D eigenvalue weighted by atomic mass is 10.1. The molecule has 0 saturated heterocycles. The maximum absolute atomic E-state index is 13.0. The van der Waals surface area contributed by atoms with E-state index in [0.717, 1.165) is 17.7 Å². The van der Waals surface area contributed by atoms with Crippen LogP contribution in [0.3, 0.4) is 0 Å². The molecule has 0 aliphatic heterocycles. The monoisotopic (exact) mass is 429 g/mol. The Labute approximate surface area is 153 Å². The lowest BCUT2D eigenvalue weighted by Gasteiger charge is -2.07. The number of hydrogen-bond acceptors (Lipinski definition) is 2. The van der Waals surface area contributed by atoms with Crippen LogP contribution in [0.2, 0.25) is 0 Å². The molecule has 124 valence electrons. The molecular formula is C17H21FIN3O. The summed E-state index contributed by atoms with van der Waals surface area (Å²) in [5, 5.41) is 3.05. The molecule has 0 bridgehead atoms. The number of ether oxygens (including phenoxy) is 1. The van der Waals surface area contributed by atoms with E-state index in [1.54, 1.807) is 13.2 Å². The second-order valence-corrected chi connectivity index (χ2v) is 4.86. The summed E-state index contributed by atoms with van der Waals surface area (Å²) in [4.78, 5) is 4.19. The minimum atomic E-state index is -0.265. The fraction of sp³-hybridized carbons (Fsp3) is 0.235.